The van der Waals surface area contributed by atoms with Crippen LogP contribution in [0.15, 0.2) is 60.7 Å². The van der Waals surface area contributed by atoms with Gasteiger partial charge in [0.25, 0.3) is 0 Å². The first-order valence-electron chi connectivity index (χ1n) is 11.8. The molecule has 0 bridgehead atoms. The van der Waals surface area contributed by atoms with Crippen LogP contribution in [0.1, 0.15) is 84.5 Å². The van der Waals surface area contributed by atoms with Gasteiger partial charge in [0.05, 0.1) is 13.1 Å². The topological polar surface area (TPSA) is 0 Å². The van der Waals surface area contributed by atoms with Crippen LogP contribution in [0.25, 0.3) is 0 Å². The highest BCUT2D eigenvalue weighted by atomic mass is 35.5. The summed E-state index contributed by atoms with van der Waals surface area (Å²) < 4.78 is 0.995. The van der Waals surface area contributed by atoms with Gasteiger partial charge in [-0.15, -0.1) is 0 Å². The molecule has 0 spiro atoms. The lowest BCUT2D eigenvalue weighted by molar-refractivity contribution is -0.00000592. The van der Waals surface area contributed by atoms with Crippen molar-refractivity contribution in [3.8, 4) is 0 Å². The highest BCUT2D eigenvalue weighted by Crippen LogP contribution is 2.35. The Labute approximate surface area is 186 Å². The van der Waals surface area contributed by atoms with E-state index in [1.807, 2.05) is 0 Å². The number of rotatable bonds is 15. The van der Waals surface area contributed by atoms with Crippen molar-refractivity contribution in [2.75, 3.05) is 13.1 Å². The van der Waals surface area contributed by atoms with E-state index in [1.54, 1.807) is 0 Å². The van der Waals surface area contributed by atoms with Gasteiger partial charge in [0.2, 0.25) is 0 Å². The van der Waals surface area contributed by atoms with Crippen molar-refractivity contribution < 1.29 is 12.4 Å². The maximum Gasteiger partial charge on any atom is 0.137 e. The molecule has 0 saturated carbocycles. The van der Waals surface area contributed by atoms with E-state index in [1.165, 1.54) is 95.1 Å². The summed E-state index contributed by atoms with van der Waals surface area (Å²) >= 11 is 0. The minimum Gasteiger partial charge on any atom is -1.00 e. The fraction of sp³-hybridized carbons (Fsp3) is 0.556. The minimum absolute atomic E-state index is 0. The van der Waals surface area contributed by atoms with E-state index in [2.05, 4.69) is 74.5 Å². The second kappa shape index (κ2) is 15.5. The molecular formula is C27H42ClN. The maximum atomic E-state index is 2.32. The Morgan fingerprint density at radius 3 is 1.31 bits per heavy atom. The smallest absolute Gasteiger partial charge is 0.137 e. The zero-order valence-electron chi connectivity index (χ0n) is 18.8. The number of hydrogen-bond donors (Lipinski definition) is 0. The first-order chi connectivity index (χ1) is 13.8. The summed E-state index contributed by atoms with van der Waals surface area (Å²) in [6.07, 6.45) is 15.2. The Hall–Kier alpha value is -1.31. The normalized spacial score (nSPS) is 11.2. The number of hydrogen-bond acceptors (Lipinski definition) is 0. The Balaban J connectivity index is 0.00000420. The van der Waals surface area contributed by atoms with Crippen LogP contribution in [0.4, 0.5) is 11.4 Å². The van der Waals surface area contributed by atoms with Crippen LogP contribution >= 0.6 is 0 Å². The average Bonchev–Trinajstić information content (AvgIpc) is 2.75. The number of benzene rings is 2. The highest BCUT2D eigenvalue weighted by molar-refractivity contribution is 5.58. The molecule has 2 rings (SSSR count). The first-order valence-corrected chi connectivity index (χ1v) is 11.8. The summed E-state index contributed by atoms with van der Waals surface area (Å²) in [4.78, 5) is 0. The highest BCUT2D eigenvalue weighted by Gasteiger charge is 2.31. The number of quaternary nitrogens is 1. The van der Waals surface area contributed by atoms with Gasteiger partial charge in [-0.2, -0.15) is 0 Å². The summed E-state index contributed by atoms with van der Waals surface area (Å²) in [5.41, 5.74) is 2.87. The Morgan fingerprint density at radius 2 is 0.897 bits per heavy atom. The molecule has 0 aliphatic heterocycles. The van der Waals surface area contributed by atoms with E-state index in [4.69, 9.17) is 0 Å². The third kappa shape index (κ3) is 8.52. The van der Waals surface area contributed by atoms with Crippen molar-refractivity contribution >= 4 is 11.4 Å². The van der Waals surface area contributed by atoms with E-state index in [-0.39, 0.29) is 12.4 Å². The molecular weight excluding hydrogens is 374 g/mol. The Bertz CT molecular complexity index is 571. The number of nitrogens with zero attached hydrogens (tertiary/aromatic N) is 1. The van der Waals surface area contributed by atoms with Crippen LogP contribution in [0, 0.1) is 0 Å². The quantitative estimate of drug-likeness (QED) is 0.260. The van der Waals surface area contributed by atoms with Gasteiger partial charge in [0.15, 0.2) is 0 Å². The van der Waals surface area contributed by atoms with Gasteiger partial charge in [-0.1, -0.05) is 102 Å². The molecule has 0 amide bonds. The van der Waals surface area contributed by atoms with Crippen molar-refractivity contribution in [1.29, 1.82) is 0 Å². The number of para-hydroxylation sites is 2. The summed E-state index contributed by atoms with van der Waals surface area (Å²) in [5, 5.41) is 0. The summed E-state index contributed by atoms with van der Waals surface area (Å²) in [7, 11) is 0. The zero-order chi connectivity index (χ0) is 19.9. The van der Waals surface area contributed by atoms with Gasteiger partial charge in [-0.25, -0.2) is 0 Å². The van der Waals surface area contributed by atoms with Crippen LogP contribution in [0.3, 0.4) is 0 Å². The van der Waals surface area contributed by atoms with Gasteiger partial charge in [0.1, 0.15) is 11.4 Å². The van der Waals surface area contributed by atoms with Crippen molar-refractivity contribution in [2.45, 2.75) is 84.5 Å². The lowest BCUT2D eigenvalue weighted by atomic mass is 10.0. The molecule has 0 N–H and O–H groups in total. The molecule has 2 aromatic rings. The van der Waals surface area contributed by atoms with Gasteiger partial charge in [-0.05, 0) is 43.5 Å². The standard InChI is InChI=1S/C27H42N.ClH/c1-3-5-6-7-8-9-10-11-12-19-25-28(24-4-2,26-20-15-13-16-21-26)27-22-17-14-18-23-27;/h13-18,20-23H,3-12,19,24-25H2,1-2H3;1H/q+1;/p-1. The zero-order valence-corrected chi connectivity index (χ0v) is 19.5. The van der Waals surface area contributed by atoms with Crippen molar-refractivity contribution in [1.82, 2.24) is 4.48 Å². The van der Waals surface area contributed by atoms with E-state index in [0.29, 0.717) is 0 Å². The molecule has 1 nitrogen and oxygen atoms in total. The van der Waals surface area contributed by atoms with Crippen LogP contribution < -0.4 is 16.9 Å². The molecule has 0 atom stereocenters. The molecule has 0 aliphatic carbocycles. The molecule has 0 radical (unpaired) electrons. The number of halogens is 1. The Morgan fingerprint density at radius 1 is 0.483 bits per heavy atom. The SMILES string of the molecule is CCCCCCCCCCCC[N+](CCC)(c1ccccc1)c1ccccc1.[Cl-]. The first kappa shape index (κ1) is 25.7. The van der Waals surface area contributed by atoms with E-state index < -0.39 is 0 Å². The van der Waals surface area contributed by atoms with Crippen molar-refractivity contribution in [2.24, 2.45) is 0 Å². The molecule has 162 valence electrons. The summed E-state index contributed by atoms with van der Waals surface area (Å²) in [5.74, 6) is 0. The molecule has 0 unspecified atom stereocenters. The molecule has 0 aromatic heterocycles. The molecule has 0 saturated heterocycles. The molecule has 0 fully saturated rings. The van der Waals surface area contributed by atoms with Gasteiger partial charge in [-0.3, -0.25) is 4.48 Å². The van der Waals surface area contributed by atoms with E-state index >= 15 is 0 Å². The lowest BCUT2D eigenvalue weighted by Gasteiger charge is -2.38. The third-order valence-corrected chi connectivity index (χ3v) is 6.00. The van der Waals surface area contributed by atoms with E-state index in [9.17, 15) is 0 Å². The largest absolute Gasteiger partial charge is 1.00 e. The van der Waals surface area contributed by atoms with Crippen LogP contribution in [-0.4, -0.2) is 13.1 Å². The van der Waals surface area contributed by atoms with Gasteiger partial charge >= 0.3 is 0 Å². The van der Waals surface area contributed by atoms with Gasteiger partial charge in [0, 0.05) is 0 Å². The average molecular weight is 416 g/mol. The molecule has 2 heteroatoms. The number of unbranched alkanes of at least 4 members (excludes halogenated alkanes) is 9. The predicted molar refractivity (Wildman–Crippen MR) is 126 cm³/mol. The minimum atomic E-state index is 0. The lowest BCUT2D eigenvalue weighted by Crippen LogP contribution is -3.00. The van der Waals surface area contributed by atoms with Gasteiger partial charge < -0.3 is 12.4 Å². The maximum absolute atomic E-state index is 2.32. The summed E-state index contributed by atoms with van der Waals surface area (Å²) in [6.45, 7) is 6.99. The fourth-order valence-corrected chi connectivity index (χ4v) is 4.45. The molecule has 2 aromatic carbocycles. The second-order valence-electron chi connectivity index (χ2n) is 8.27. The summed E-state index contributed by atoms with van der Waals surface area (Å²) in [6, 6.07) is 22.3. The monoisotopic (exact) mass is 415 g/mol. The Kier molecular flexibility index (Phi) is 13.8. The van der Waals surface area contributed by atoms with Crippen molar-refractivity contribution in [3.05, 3.63) is 60.7 Å². The van der Waals surface area contributed by atoms with Crippen LogP contribution in [-0.2, 0) is 0 Å². The fourth-order valence-electron chi connectivity index (χ4n) is 4.45. The van der Waals surface area contributed by atoms with Crippen LogP contribution in [0.2, 0.25) is 0 Å². The second-order valence-corrected chi connectivity index (χ2v) is 8.27. The van der Waals surface area contributed by atoms with Crippen LogP contribution in [0.5, 0.6) is 0 Å². The molecule has 29 heavy (non-hydrogen) atoms. The van der Waals surface area contributed by atoms with Crippen molar-refractivity contribution in [3.63, 3.8) is 0 Å². The van der Waals surface area contributed by atoms with E-state index in [0.717, 1.165) is 4.48 Å². The molecule has 0 heterocycles. The predicted octanol–water partition coefficient (Wildman–Crippen LogP) is 5.66. The molecule has 0 aliphatic rings. The third-order valence-electron chi connectivity index (χ3n) is 6.00.